The van der Waals surface area contributed by atoms with Crippen LogP contribution in [0.1, 0.15) is 0 Å². The van der Waals surface area contributed by atoms with E-state index in [-0.39, 0.29) is 51.4 Å². The van der Waals surface area contributed by atoms with Crippen molar-refractivity contribution in [3.8, 4) is 0 Å². The summed E-state index contributed by atoms with van der Waals surface area (Å²) in [6.45, 7) is 0. The van der Waals surface area contributed by atoms with E-state index < -0.39 is 11.4 Å². The third kappa shape index (κ3) is 7.42. The predicted molar refractivity (Wildman–Crippen MR) is 20.0 cm³/mol. The second-order valence-electron chi connectivity index (χ2n) is 0.693. The fraction of sp³-hybridized carbons (Fsp3) is 0.500. The van der Waals surface area contributed by atoms with E-state index in [4.69, 9.17) is 5.11 Å². The Bertz CT molecular complexity index is 64.0. The molecule has 0 bridgehead atoms. The third-order valence-corrected chi connectivity index (χ3v) is 0.422. The van der Waals surface area contributed by atoms with Crippen molar-refractivity contribution in [2.24, 2.45) is 0 Å². The fourth-order valence-electron chi connectivity index (χ4n) is 0. The third-order valence-electron chi connectivity index (χ3n) is 0.211. The number of carbonyl (C=O) groups excluding carboxylic acids is 1. The van der Waals surface area contributed by atoms with E-state index in [1.54, 1.807) is 0 Å². The first-order valence-corrected chi connectivity index (χ1v) is 1.73. The standard InChI is InChI=1S/C2H4O3S.K/c3-1(4)2(5)6;/h2,5-6H,(H,3,4);/q;+1/p-1. The molecule has 0 aliphatic heterocycles. The molecule has 5 heteroatoms. The van der Waals surface area contributed by atoms with Crippen LogP contribution in [-0.4, -0.2) is 16.5 Å². The molecule has 7 heavy (non-hydrogen) atoms. The minimum atomic E-state index is -1.65. The zero-order valence-electron chi connectivity index (χ0n) is 3.79. The molecule has 0 amide bonds. The molecule has 0 saturated carbocycles. The van der Waals surface area contributed by atoms with Gasteiger partial charge in [-0.15, -0.1) is 12.6 Å². The summed E-state index contributed by atoms with van der Waals surface area (Å²) >= 11 is 3.09. The molecule has 0 fully saturated rings. The second-order valence-corrected chi connectivity index (χ2v) is 1.18. The number of rotatable bonds is 1. The molecule has 36 valence electrons. The van der Waals surface area contributed by atoms with Crippen molar-refractivity contribution < 1.29 is 66.4 Å². The van der Waals surface area contributed by atoms with Crippen LogP contribution >= 0.6 is 12.6 Å². The number of aliphatic hydroxyl groups excluding tert-OH is 1. The van der Waals surface area contributed by atoms with E-state index in [9.17, 15) is 9.90 Å². The minimum Gasteiger partial charge on any atom is -0.546 e. The van der Waals surface area contributed by atoms with E-state index in [2.05, 4.69) is 12.6 Å². The summed E-state index contributed by atoms with van der Waals surface area (Å²) in [5.41, 5.74) is -1.65. The van der Waals surface area contributed by atoms with Gasteiger partial charge in [-0.1, -0.05) is 0 Å². The van der Waals surface area contributed by atoms with Gasteiger partial charge in [0.25, 0.3) is 0 Å². The monoisotopic (exact) mass is 146 g/mol. The van der Waals surface area contributed by atoms with Crippen LogP contribution < -0.4 is 56.5 Å². The largest absolute Gasteiger partial charge is 1.00 e. The van der Waals surface area contributed by atoms with E-state index in [0.717, 1.165) is 0 Å². The fourth-order valence-corrected chi connectivity index (χ4v) is 0. The van der Waals surface area contributed by atoms with Crippen molar-refractivity contribution in [2.45, 2.75) is 5.44 Å². The molecule has 0 spiro atoms. The Labute approximate surface area is 88.9 Å². The Morgan fingerprint density at radius 2 is 2.00 bits per heavy atom. The van der Waals surface area contributed by atoms with Crippen molar-refractivity contribution in [3.05, 3.63) is 0 Å². The zero-order valence-corrected chi connectivity index (χ0v) is 7.81. The van der Waals surface area contributed by atoms with Crippen LogP contribution in [-0.2, 0) is 4.79 Å². The molecule has 1 N–H and O–H groups in total. The molecular weight excluding hydrogens is 143 g/mol. The SMILES string of the molecule is O=C([O-])C(O)S.[K+]. The van der Waals surface area contributed by atoms with Gasteiger partial charge >= 0.3 is 51.4 Å². The molecule has 3 nitrogen and oxygen atoms in total. The Balaban J connectivity index is 0. The first kappa shape index (κ1) is 11.2. The molecule has 0 aromatic rings. The summed E-state index contributed by atoms with van der Waals surface area (Å²) in [6.07, 6.45) is 0. The molecular formula is C2H3KO3S. The van der Waals surface area contributed by atoms with Crippen molar-refractivity contribution in [1.29, 1.82) is 0 Å². The number of aliphatic carboxylic acids is 1. The van der Waals surface area contributed by atoms with Crippen molar-refractivity contribution in [1.82, 2.24) is 0 Å². The van der Waals surface area contributed by atoms with Gasteiger partial charge in [0.2, 0.25) is 0 Å². The maximum Gasteiger partial charge on any atom is 1.00 e. The number of aliphatic hydroxyl groups is 1. The van der Waals surface area contributed by atoms with E-state index in [0.29, 0.717) is 0 Å². The number of carbonyl (C=O) groups is 1. The molecule has 0 aromatic heterocycles. The normalized spacial score (nSPS) is 11.7. The molecule has 0 aliphatic rings. The Morgan fingerprint density at radius 1 is 1.86 bits per heavy atom. The number of hydrogen-bond donors (Lipinski definition) is 2. The summed E-state index contributed by atoms with van der Waals surface area (Å²) in [7, 11) is 0. The number of carboxylic acids is 1. The van der Waals surface area contributed by atoms with Gasteiger partial charge in [-0.3, -0.25) is 0 Å². The number of carboxylic acid groups (broad SMARTS) is 1. The van der Waals surface area contributed by atoms with Crippen LogP contribution in [0.4, 0.5) is 0 Å². The quantitative estimate of drug-likeness (QED) is 0.221. The molecule has 1 unspecified atom stereocenters. The molecule has 0 rings (SSSR count). The average Bonchev–Trinajstić information content (AvgIpc) is 1.36. The number of thiol groups is 1. The van der Waals surface area contributed by atoms with Crippen molar-refractivity contribution >= 4 is 18.6 Å². The summed E-state index contributed by atoms with van der Waals surface area (Å²) < 4.78 is 0. The van der Waals surface area contributed by atoms with Crippen LogP contribution in [0.3, 0.4) is 0 Å². The maximum atomic E-state index is 9.26. The van der Waals surface area contributed by atoms with Gasteiger partial charge in [-0.05, 0) is 0 Å². The first-order chi connectivity index (χ1) is 2.64. The van der Waals surface area contributed by atoms with Gasteiger partial charge < -0.3 is 15.0 Å². The van der Waals surface area contributed by atoms with Crippen LogP contribution in [0.5, 0.6) is 0 Å². The van der Waals surface area contributed by atoms with Crippen LogP contribution in [0.25, 0.3) is 0 Å². The first-order valence-electron chi connectivity index (χ1n) is 1.21. The molecule has 0 radical (unpaired) electrons. The van der Waals surface area contributed by atoms with Crippen LogP contribution in [0.2, 0.25) is 0 Å². The Morgan fingerprint density at radius 3 is 2.00 bits per heavy atom. The summed E-state index contributed by atoms with van der Waals surface area (Å²) in [5.74, 6) is -1.57. The molecule has 0 aromatic carbocycles. The average molecular weight is 146 g/mol. The van der Waals surface area contributed by atoms with Crippen LogP contribution in [0, 0.1) is 0 Å². The van der Waals surface area contributed by atoms with E-state index in [1.807, 2.05) is 0 Å². The van der Waals surface area contributed by atoms with E-state index >= 15 is 0 Å². The molecule has 0 aliphatic carbocycles. The van der Waals surface area contributed by atoms with Gasteiger partial charge in [-0.2, -0.15) is 0 Å². The van der Waals surface area contributed by atoms with Gasteiger partial charge in [-0.25, -0.2) is 0 Å². The number of hydrogen-bond acceptors (Lipinski definition) is 4. The minimum absolute atomic E-state index is 0. The Kier molecular flexibility index (Phi) is 8.92. The molecule has 1 atom stereocenters. The van der Waals surface area contributed by atoms with Crippen molar-refractivity contribution in [2.75, 3.05) is 0 Å². The van der Waals surface area contributed by atoms with E-state index in [1.165, 1.54) is 0 Å². The second kappa shape index (κ2) is 5.55. The Hall–Kier alpha value is 1.42. The molecule has 0 heterocycles. The summed E-state index contributed by atoms with van der Waals surface area (Å²) in [4.78, 5) is 9.26. The molecule has 0 saturated heterocycles. The van der Waals surface area contributed by atoms with Gasteiger partial charge in [0.1, 0.15) is 5.44 Å². The zero-order chi connectivity index (χ0) is 5.15. The van der Waals surface area contributed by atoms with Gasteiger partial charge in [0, 0.05) is 0 Å². The van der Waals surface area contributed by atoms with Gasteiger partial charge in [0.15, 0.2) is 0 Å². The van der Waals surface area contributed by atoms with Crippen LogP contribution in [0.15, 0.2) is 0 Å². The predicted octanol–water partition coefficient (Wildman–Crippen LogP) is -5.01. The topological polar surface area (TPSA) is 60.4 Å². The van der Waals surface area contributed by atoms with Crippen molar-refractivity contribution in [3.63, 3.8) is 0 Å². The maximum absolute atomic E-state index is 9.26. The smallest absolute Gasteiger partial charge is 0.546 e. The van der Waals surface area contributed by atoms with Gasteiger partial charge in [0.05, 0.1) is 5.97 Å². The summed E-state index contributed by atoms with van der Waals surface area (Å²) in [5, 5.41) is 17.1. The summed E-state index contributed by atoms with van der Waals surface area (Å²) in [6, 6.07) is 0.